The van der Waals surface area contributed by atoms with E-state index in [2.05, 4.69) is 36.7 Å². The van der Waals surface area contributed by atoms with Gasteiger partial charge in [0.05, 0.1) is 6.42 Å². The fourth-order valence-electron chi connectivity index (χ4n) is 4.12. The Morgan fingerprint density at radius 3 is 2.41 bits per heavy atom. The van der Waals surface area contributed by atoms with E-state index >= 15 is 0 Å². The molecule has 1 fully saturated rings. The van der Waals surface area contributed by atoms with Crippen LogP contribution in [0.15, 0.2) is 30.5 Å². The van der Waals surface area contributed by atoms with Crippen molar-refractivity contribution >= 4 is 22.7 Å². The van der Waals surface area contributed by atoms with E-state index in [0.29, 0.717) is 19.5 Å². The van der Waals surface area contributed by atoms with Gasteiger partial charge in [-0.2, -0.15) is 0 Å². The highest BCUT2D eigenvalue weighted by molar-refractivity contribution is 5.89. The van der Waals surface area contributed by atoms with Crippen LogP contribution in [-0.2, 0) is 23.1 Å². The van der Waals surface area contributed by atoms with E-state index in [1.54, 1.807) is 0 Å². The van der Waals surface area contributed by atoms with Gasteiger partial charge in [0.1, 0.15) is 0 Å². The molecule has 0 atom stereocenters. The third-order valence-corrected chi connectivity index (χ3v) is 5.82. The minimum absolute atomic E-state index is 0.114. The minimum Gasteiger partial charge on any atom is -0.350 e. The van der Waals surface area contributed by atoms with Gasteiger partial charge in [-0.25, -0.2) is 0 Å². The van der Waals surface area contributed by atoms with Crippen molar-refractivity contribution in [1.82, 2.24) is 14.4 Å². The quantitative estimate of drug-likeness (QED) is 0.812. The minimum atomic E-state index is 0.114. The van der Waals surface area contributed by atoms with Gasteiger partial charge in [0.2, 0.25) is 11.8 Å². The number of rotatable bonds is 5. The molecule has 0 saturated carbocycles. The number of hydrogen-bond donors (Lipinski definition) is 0. The summed E-state index contributed by atoms with van der Waals surface area (Å²) in [7, 11) is 2.02. The zero-order valence-corrected chi connectivity index (χ0v) is 16.8. The molecular formula is C22H31N3O2. The average Bonchev–Trinajstić information content (AvgIpc) is 2.86. The highest BCUT2D eigenvalue weighted by Gasteiger charge is 2.26. The van der Waals surface area contributed by atoms with E-state index in [-0.39, 0.29) is 17.7 Å². The zero-order valence-electron chi connectivity index (χ0n) is 16.8. The van der Waals surface area contributed by atoms with Crippen molar-refractivity contribution in [3.05, 3.63) is 36.0 Å². The van der Waals surface area contributed by atoms with Crippen molar-refractivity contribution in [2.24, 2.45) is 13.0 Å². The molecule has 0 bridgehead atoms. The second kappa shape index (κ2) is 8.59. The molecule has 0 spiro atoms. The monoisotopic (exact) mass is 369 g/mol. The summed E-state index contributed by atoms with van der Waals surface area (Å²) in [5.74, 6) is 0.523. The first kappa shape index (κ1) is 19.5. The lowest BCUT2D eigenvalue weighted by atomic mass is 10.0. The number of aromatic nitrogens is 1. The van der Waals surface area contributed by atoms with E-state index < -0.39 is 0 Å². The first-order chi connectivity index (χ1) is 13.0. The summed E-state index contributed by atoms with van der Waals surface area (Å²) < 4.78 is 2.08. The molecule has 0 N–H and O–H groups in total. The van der Waals surface area contributed by atoms with Crippen molar-refractivity contribution in [2.75, 3.05) is 26.2 Å². The van der Waals surface area contributed by atoms with Crippen LogP contribution in [0.1, 0.15) is 38.7 Å². The zero-order chi connectivity index (χ0) is 19.4. The Hall–Kier alpha value is -2.30. The van der Waals surface area contributed by atoms with Crippen molar-refractivity contribution < 1.29 is 9.59 Å². The number of benzene rings is 1. The molecule has 0 aliphatic carbocycles. The number of carbonyl (C=O) groups excluding carboxylic acids is 2. The van der Waals surface area contributed by atoms with E-state index in [9.17, 15) is 9.59 Å². The number of para-hydroxylation sites is 1. The molecule has 5 nitrogen and oxygen atoms in total. The maximum absolute atomic E-state index is 12.9. The first-order valence-corrected chi connectivity index (χ1v) is 10.1. The van der Waals surface area contributed by atoms with Gasteiger partial charge in [-0.3, -0.25) is 9.59 Å². The average molecular weight is 370 g/mol. The maximum atomic E-state index is 12.9. The predicted molar refractivity (Wildman–Crippen MR) is 108 cm³/mol. The van der Waals surface area contributed by atoms with Gasteiger partial charge in [-0.15, -0.1) is 0 Å². The Balaban J connectivity index is 1.65. The Morgan fingerprint density at radius 2 is 1.67 bits per heavy atom. The molecular weight excluding hydrogens is 338 g/mol. The number of hydrogen-bond acceptors (Lipinski definition) is 2. The summed E-state index contributed by atoms with van der Waals surface area (Å²) in [6, 6.07) is 8.20. The Kier molecular flexibility index (Phi) is 6.19. The van der Waals surface area contributed by atoms with Gasteiger partial charge >= 0.3 is 0 Å². The molecule has 1 aromatic carbocycles. The van der Waals surface area contributed by atoms with Crippen molar-refractivity contribution in [1.29, 1.82) is 0 Å². The SMILES string of the molecule is CCC(CC)C(=O)N1CCCN(C(=O)Cc2cn(C)c3ccccc23)CC1. The van der Waals surface area contributed by atoms with Crippen LogP contribution in [0.5, 0.6) is 0 Å². The fourth-order valence-corrected chi connectivity index (χ4v) is 4.12. The number of fused-ring (bicyclic) bond motifs is 1. The topological polar surface area (TPSA) is 45.6 Å². The summed E-state index contributed by atoms with van der Waals surface area (Å²) in [6.07, 6.45) is 5.10. The second-order valence-corrected chi connectivity index (χ2v) is 7.53. The molecule has 2 amide bonds. The van der Waals surface area contributed by atoms with Crippen LogP contribution in [0.25, 0.3) is 10.9 Å². The van der Waals surface area contributed by atoms with Gasteiger partial charge in [0, 0.05) is 56.2 Å². The second-order valence-electron chi connectivity index (χ2n) is 7.53. The maximum Gasteiger partial charge on any atom is 0.227 e. The lowest BCUT2D eigenvalue weighted by molar-refractivity contribution is -0.136. The fraction of sp³-hybridized carbons (Fsp3) is 0.545. The Labute approximate surface area is 161 Å². The molecule has 0 unspecified atom stereocenters. The van der Waals surface area contributed by atoms with Gasteiger partial charge in [0.15, 0.2) is 0 Å². The molecule has 5 heteroatoms. The number of nitrogens with zero attached hydrogens (tertiary/aromatic N) is 3. The normalized spacial score (nSPS) is 15.4. The summed E-state index contributed by atoms with van der Waals surface area (Å²) in [6.45, 7) is 6.92. The van der Waals surface area contributed by atoms with Gasteiger partial charge in [-0.05, 0) is 30.9 Å². The van der Waals surface area contributed by atoms with Crippen LogP contribution in [0.3, 0.4) is 0 Å². The van der Waals surface area contributed by atoms with E-state index in [1.165, 1.54) is 0 Å². The number of amides is 2. The highest BCUT2D eigenvalue weighted by Crippen LogP contribution is 2.21. The predicted octanol–water partition coefficient (Wildman–Crippen LogP) is 3.22. The molecule has 1 saturated heterocycles. The van der Waals surface area contributed by atoms with E-state index in [1.807, 2.05) is 29.0 Å². The highest BCUT2D eigenvalue weighted by atomic mass is 16.2. The van der Waals surface area contributed by atoms with Crippen LogP contribution in [0, 0.1) is 5.92 Å². The summed E-state index contributed by atoms with van der Waals surface area (Å²) in [4.78, 5) is 29.5. The van der Waals surface area contributed by atoms with E-state index in [0.717, 1.165) is 48.8 Å². The molecule has 2 aromatic rings. The van der Waals surface area contributed by atoms with Gasteiger partial charge in [0.25, 0.3) is 0 Å². The molecule has 2 heterocycles. The van der Waals surface area contributed by atoms with Crippen LogP contribution in [0.4, 0.5) is 0 Å². The van der Waals surface area contributed by atoms with Gasteiger partial charge in [-0.1, -0.05) is 32.0 Å². The molecule has 0 radical (unpaired) electrons. The third kappa shape index (κ3) is 4.18. The lowest BCUT2D eigenvalue weighted by Gasteiger charge is -2.25. The summed E-state index contributed by atoms with van der Waals surface area (Å²) in [5.41, 5.74) is 2.23. The lowest BCUT2D eigenvalue weighted by Crippen LogP contribution is -2.40. The first-order valence-electron chi connectivity index (χ1n) is 10.1. The Bertz CT molecular complexity index is 807. The molecule has 146 valence electrons. The molecule has 3 rings (SSSR count). The molecule has 1 aliphatic rings. The van der Waals surface area contributed by atoms with Crippen molar-refractivity contribution in [2.45, 2.75) is 39.5 Å². The van der Waals surface area contributed by atoms with Gasteiger partial charge < -0.3 is 14.4 Å². The van der Waals surface area contributed by atoms with E-state index in [4.69, 9.17) is 0 Å². The van der Waals surface area contributed by atoms with Crippen LogP contribution in [0.2, 0.25) is 0 Å². The number of aryl methyl sites for hydroxylation is 1. The van der Waals surface area contributed by atoms with Crippen LogP contribution >= 0.6 is 0 Å². The van der Waals surface area contributed by atoms with Crippen LogP contribution in [-0.4, -0.2) is 52.4 Å². The van der Waals surface area contributed by atoms with Crippen LogP contribution < -0.4 is 0 Å². The smallest absolute Gasteiger partial charge is 0.227 e. The molecule has 1 aliphatic heterocycles. The number of carbonyl (C=O) groups is 2. The Morgan fingerprint density at radius 1 is 1.00 bits per heavy atom. The standard InChI is InChI=1S/C22H31N3O2/c1-4-17(5-2)22(27)25-12-8-11-24(13-14-25)21(26)15-18-16-23(3)20-10-7-6-9-19(18)20/h6-7,9-10,16-17H,4-5,8,11-15H2,1-3H3. The third-order valence-electron chi connectivity index (χ3n) is 5.82. The van der Waals surface area contributed by atoms with Crippen molar-refractivity contribution in [3.63, 3.8) is 0 Å². The summed E-state index contributed by atoms with van der Waals surface area (Å²) in [5, 5.41) is 1.15. The van der Waals surface area contributed by atoms with Crippen molar-refractivity contribution in [3.8, 4) is 0 Å². The summed E-state index contributed by atoms with van der Waals surface area (Å²) >= 11 is 0. The largest absolute Gasteiger partial charge is 0.350 e. The molecule has 1 aromatic heterocycles. The molecule has 27 heavy (non-hydrogen) atoms.